The SMILES string of the molecule is CCCCN(C(=O)N1C[C@@H](C)N(Cc2ccc(C(=O)NO)cc2)[C@@H](C)C1)c1ccccc1. The van der Waals surface area contributed by atoms with E-state index in [9.17, 15) is 9.59 Å². The van der Waals surface area contributed by atoms with Crippen LogP contribution < -0.4 is 10.4 Å². The summed E-state index contributed by atoms with van der Waals surface area (Å²) in [6.45, 7) is 9.25. The first kappa shape index (κ1) is 23.8. The highest BCUT2D eigenvalue weighted by Gasteiger charge is 2.34. The summed E-state index contributed by atoms with van der Waals surface area (Å²) in [7, 11) is 0. The second-order valence-electron chi connectivity index (χ2n) is 8.54. The average Bonchev–Trinajstić information content (AvgIpc) is 2.82. The molecule has 2 aromatic rings. The molecule has 0 radical (unpaired) electrons. The van der Waals surface area contributed by atoms with Crippen LogP contribution in [0.3, 0.4) is 0 Å². The number of amides is 3. The van der Waals surface area contributed by atoms with E-state index in [2.05, 4.69) is 25.7 Å². The number of nitrogens with one attached hydrogen (secondary N) is 1. The Morgan fingerprint density at radius 2 is 1.66 bits per heavy atom. The predicted molar refractivity (Wildman–Crippen MR) is 126 cm³/mol. The van der Waals surface area contributed by atoms with Crippen molar-refractivity contribution in [3.8, 4) is 0 Å². The van der Waals surface area contributed by atoms with E-state index in [4.69, 9.17) is 5.21 Å². The van der Waals surface area contributed by atoms with E-state index in [-0.39, 0.29) is 18.1 Å². The van der Waals surface area contributed by atoms with Crippen LogP contribution in [0, 0.1) is 0 Å². The van der Waals surface area contributed by atoms with Crippen molar-refractivity contribution in [2.75, 3.05) is 24.5 Å². The molecule has 0 bridgehead atoms. The molecule has 0 spiro atoms. The number of nitrogens with zero attached hydrogens (tertiary/aromatic N) is 3. The molecule has 0 aliphatic carbocycles. The Morgan fingerprint density at radius 3 is 2.22 bits per heavy atom. The van der Waals surface area contributed by atoms with Crippen LogP contribution >= 0.6 is 0 Å². The number of benzene rings is 2. The van der Waals surface area contributed by atoms with Crippen molar-refractivity contribution in [1.29, 1.82) is 0 Å². The van der Waals surface area contributed by atoms with E-state index in [1.54, 1.807) is 17.6 Å². The molecule has 1 heterocycles. The monoisotopic (exact) mass is 438 g/mol. The summed E-state index contributed by atoms with van der Waals surface area (Å²) in [4.78, 5) is 31.3. The predicted octanol–water partition coefficient (Wildman–Crippen LogP) is 4.13. The number of para-hydroxylation sites is 1. The van der Waals surface area contributed by atoms with Gasteiger partial charge in [-0.15, -0.1) is 0 Å². The Balaban J connectivity index is 1.67. The zero-order chi connectivity index (χ0) is 23.1. The number of hydroxylamine groups is 1. The summed E-state index contributed by atoms with van der Waals surface area (Å²) >= 11 is 0. The Morgan fingerprint density at radius 1 is 1.03 bits per heavy atom. The van der Waals surface area contributed by atoms with Gasteiger partial charge in [0, 0.05) is 49.5 Å². The van der Waals surface area contributed by atoms with Gasteiger partial charge in [0.25, 0.3) is 5.91 Å². The largest absolute Gasteiger partial charge is 0.324 e. The molecule has 7 heteroatoms. The summed E-state index contributed by atoms with van der Waals surface area (Å²) < 4.78 is 0. The second kappa shape index (κ2) is 11.1. The van der Waals surface area contributed by atoms with Gasteiger partial charge in [-0.1, -0.05) is 43.7 Å². The first-order valence-electron chi connectivity index (χ1n) is 11.3. The Hall–Kier alpha value is -2.90. The van der Waals surface area contributed by atoms with Gasteiger partial charge in [0.1, 0.15) is 0 Å². The standard InChI is InChI=1S/C25H34N4O3/c1-4-5-15-28(23-9-7-6-8-10-23)25(31)27-16-19(2)29(20(3)17-27)18-21-11-13-22(14-12-21)24(30)26-32/h6-14,19-20,32H,4-5,15-18H2,1-3H3,(H,26,30)/t19-,20+. The van der Waals surface area contributed by atoms with Crippen LogP contribution in [0.25, 0.3) is 0 Å². The Bertz CT molecular complexity index is 876. The van der Waals surface area contributed by atoms with Crippen LogP contribution in [0.4, 0.5) is 10.5 Å². The second-order valence-corrected chi connectivity index (χ2v) is 8.54. The maximum absolute atomic E-state index is 13.5. The summed E-state index contributed by atoms with van der Waals surface area (Å²) in [6, 6.07) is 17.6. The highest BCUT2D eigenvalue weighted by atomic mass is 16.5. The topological polar surface area (TPSA) is 76.1 Å². The van der Waals surface area contributed by atoms with Gasteiger partial charge in [0.05, 0.1) is 0 Å². The lowest BCUT2D eigenvalue weighted by Crippen LogP contribution is -2.60. The van der Waals surface area contributed by atoms with Gasteiger partial charge in [0.15, 0.2) is 0 Å². The lowest BCUT2D eigenvalue weighted by atomic mass is 10.0. The summed E-state index contributed by atoms with van der Waals surface area (Å²) in [5, 5.41) is 8.77. The van der Waals surface area contributed by atoms with E-state index >= 15 is 0 Å². The molecular formula is C25H34N4O3. The van der Waals surface area contributed by atoms with E-state index < -0.39 is 5.91 Å². The smallest absolute Gasteiger partial charge is 0.321 e. The highest BCUT2D eigenvalue weighted by molar-refractivity contribution is 5.93. The van der Waals surface area contributed by atoms with E-state index in [0.717, 1.165) is 37.2 Å². The third kappa shape index (κ3) is 5.66. The molecule has 0 saturated carbocycles. The van der Waals surface area contributed by atoms with Gasteiger partial charge in [-0.3, -0.25) is 19.8 Å². The molecule has 1 fully saturated rings. The number of carbonyl (C=O) groups excluding carboxylic acids is 2. The van der Waals surface area contributed by atoms with E-state index in [1.165, 1.54) is 0 Å². The third-order valence-electron chi connectivity index (χ3n) is 6.09. The molecule has 32 heavy (non-hydrogen) atoms. The van der Waals surface area contributed by atoms with Gasteiger partial charge >= 0.3 is 6.03 Å². The molecule has 172 valence electrons. The van der Waals surface area contributed by atoms with Crippen LogP contribution in [0.15, 0.2) is 54.6 Å². The molecule has 2 aromatic carbocycles. The number of anilines is 1. The van der Waals surface area contributed by atoms with Crippen molar-refractivity contribution in [2.45, 2.75) is 52.2 Å². The van der Waals surface area contributed by atoms with E-state index in [1.807, 2.05) is 52.3 Å². The van der Waals surface area contributed by atoms with Gasteiger partial charge < -0.3 is 4.90 Å². The fourth-order valence-electron chi connectivity index (χ4n) is 4.29. The van der Waals surface area contributed by atoms with Crippen molar-refractivity contribution < 1.29 is 14.8 Å². The maximum Gasteiger partial charge on any atom is 0.324 e. The van der Waals surface area contributed by atoms with Crippen LogP contribution in [-0.2, 0) is 6.54 Å². The summed E-state index contributed by atoms with van der Waals surface area (Å²) in [6.07, 6.45) is 2.01. The van der Waals surface area contributed by atoms with Crippen molar-refractivity contribution >= 4 is 17.6 Å². The van der Waals surface area contributed by atoms with Crippen LogP contribution in [-0.4, -0.2) is 58.7 Å². The molecule has 0 aromatic heterocycles. The molecule has 0 unspecified atom stereocenters. The zero-order valence-electron chi connectivity index (χ0n) is 19.2. The first-order chi connectivity index (χ1) is 15.4. The molecular weight excluding hydrogens is 404 g/mol. The minimum atomic E-state index is -0.517. The van der Waals surface area contributed by atoms with E-state index in [0.29, 0.717) is 18.7 Å². The van der Waals surface area contributed by atoms with Gasteiger partial charge in [-0.05, 0) is 50.1 Å². The maximum atomic E-state index is 13.5. The highest BCUT2D eigenvalue weighted by Crippen LogP contribution is 2.23. The van der Waals surface area contributed by atoms with Gasteiger partial charge in [-0.2, -0.15) is 0 Å². The molecule has 1 aliphatic heterocycles. The van der Waals surface area contributed by atoms with Crippen LogP contribution in [0.1, 0.15) is 49.5 Å². The number of unbranched alkanes of at least 4 members (excludes halogenated alkanes) is 1. The quantitative estimate of drug-likeness (QED) is 0.504. The van der Waals surface area contributed by atoms with Crippen LogP contribution in [0.2, 0.25) is 0 Å². The Kier molecular flexibility index (Phi) is 8.25. The molecule has 7 nitrogen and oxygen atoms in total. The fourth-order valence-corrected chi connectivity index (χ4v) is 4.29. The lowest BCUT2D eigenvalue weighted by molar-refractivity contribution is 0.0509. The molecule has 3 rings (SSSR count). The number of urea groups is 1. The van der Waals surface area contributed by atoms with Crippen molar-refractivity contribution in [3.05, 3.63) is 65.7 Å². The van der Waals surface area contributed by atoms with Crippen molar-refractivity contribution in [2.24, 2.45) is 0 Å². The number of hydrogen-bond donors (Lipinski definition) is 2. The molecule has 3 amide bonds. The van der Waals surface area contributed by atoms with Gasteiger partial charge in [-0.25, -0.2) is 10.3 Å². The number of rotatable bonds is 7. The zero-order valence-corrected chi connectivity index (χ0v) is 19.2. The Labute approximate surface area is 190 Å². The number of hydrogen-bond acceptors (Lipinski definition) is 4. The molecule has 1 saturated heterocycles. The number of carbonyl (C=O) groups is 2. The molecule has 1 aliphatic rings. The normalized spacial score (nSPS) is 18.9. The van der Waals surface area contributed by atoms with Crippen LogP contribution in [0.5, 0.6) is 0 Å². The average molecular weight is 439 g/mol. The van der Waals surface area contributed by atoms with Crippen molar-refractivity contribution in [3.63, 3.8) is 0 Å². The first-order valence-corrected chi connectivity index (χ1v) is 11.3. The van der Waals surface area contributed by atoms with Crippen molar-refractivity contribution in [1.82, 2.24) is 15.3 Å². The summed E-state index contributed by atoms with van der Waals surface area (Å²) in [5.74, 6) is -0.517. The minimum Gasteiger partial charge on any atom is -0.321 e. The van der Waals surface area contributed by atoms with Gasteiger partial charge in [0.2, 0.25) is 0 Å². The fraction of sp³-hybridized carbons (Fsp3) is 0.440. The minimum absolute atomic E-state index is 0.0716. The molecule has 2 N–H and O–H groups in total. The lowest BCUT2D eigenvalue weighted by Gasteiger charge is -2.45. The third-order valence-corrected chi connectivity index (χ3v) is 6.09. The molecule has 2 atom stereocenters. The number of piperazine rings is 1. The summed E-state index contributed by atoms with van der Waals surface area (Å²) in [5.41, 5.74) is 4.11.